The number of hydrogen-bond donors (Lipinski definition) is 2. The zero-order chi connectivity index (χ0) is 14.1. The molecule has 0 radical (unpaired) electrons. The van der Waals surface area contributed by atoms with E-state index in [2.05, 4.69) is 12.2 Å². The van der Waals surface area contributed by atoms with E-state index in [9.17, 15) is 9.59 Å². The lowest BCUT2D eigenvalue weighted by Crippen LogP contribution is -2.29. The Hall–Kier alpha value is -1.49. The molecule has 1 aromatic carbocycles. The molecule has 0 aliphatic carbocycles. The van der Waals surface area contributed by atoms with Gasteiger partial charge in [0.1, 0.15) is 0 Å². The molecule has 0 heterocycles. The van der Waals surface area contributed by atoms with Crippen molar-refractivity contribution in [2.75, 3.05) is 18.1 Å². The molecule has 5 heteroatoms. The van der Waals surface area contributed by atoms with Crippen molar-refractivity contribution in [2.24, 2.45) is 0 Å². The van der Waals surface area contributed by atoms with Gasteiger partial charge in [0.05, 0.1) is 12.2 Å². The number of carboxylic acids is 1. The molecular weight excluding hydrogens is 262 g/mol. The van der Waals surface area contributed by atoms with Gasteiger partial charge in [-0.25, -0.2) is 0 Å². The molecule has 0 aliphatic rings. The van der Waals surface area contributed by atoms with Gasteiger partial charge >= 0.3 is 5.97 Å². The highest BCUT2D eigenvalue weighted by molar-refractivity contribution is 7.99. The van der Waals surface area contributed by atoms with Crippen molar-refractivity contribution >= 4 is 23.6 Å². The highest BCUT2D eigenvalue weighted by Crippen LogP contribution is 2.13. The molecule has 1 rings (SSSR count). The number of carboxylic acid groups (broad SMARTS) is 1. The zero-order valence-electron chi connectivity index (χ0n) is 11.0. The molecule has 0 aromatic heterocycles. The third-order valence-electron chi connectivity index (χ3n) is 2.67. The van der Waals surface area contributed by atoms with Crippen molar-refractivity contribution in [1.29, 1.82) is 0 Å². The highest BCUT2D eigenvalue weighted by Gasteiger charge is 2.07. The van der Waals surface area contributed by atoms with Crippen LogP contribution in [0.1, 0.15) is 24.8 Å². The van der Waals surface area contributed by atoms with Crippen molar-refractivity contribution in [1.82, 2.24) is 5.32 Å². The molecule has 1 amide bonds. The van der Waals surface area contributed by atoms with Crippen LogP contribution in [0.25, 0.3) is 0 Å². The Labute approximate surface area is 117 Å². The molecule has 0 unspecified atom stereocenters. The van der Waals surface area contributed by atoms with Gasteiger partial charge in [0.25, 0.3) is 0 Å². The lowest BCUT2D eigenvalue weighted by Gasteiger charge is -2.12. The van der Waals surface area contributed by atoms with Crippen LogP contribution in [0.15, 0.2) is 30.3 Å². The van der Waals surface area contributed by atoms with E-state index < -0.39 is 5.97 Å². The van der Waals surface area contributed by atoms with Crippen molar-refractivity contribution in [2.45, 2.75) is 19.3 Å². The van der Waals surface area contributed by atoms with Gasteiger partial charge in [0, 0.05) is 12.3 Å². The Morgan fingerprint density at radius 2 is 2.00 bits per heavy atom. The van der Waals surface area contributed by atoms with Crippen LogP contribution < -0.4 is 5.32 Å². The number of carbonyl (C=O) groups is 2. The van der Waals surface area contributed by atoms with Crippen LogP contribution in [0.4, 0.5) is 0 Å². The Morgan fingerprint density at radius 3 is 2.63 bits per heavy atom. The maximum absolute atomic E-state index is 11.5. The molecule has 104 valence electrons. The third-order valence-corrected chi connectivity index (χ3v) is 3.63. The number of thioether (sulfide) groups is 1. The van der Waals surface area contributed by atoms with Gasteiger partial charge in [-0.15, -0.1) is 0 Å². The van der Waals surface area contributed by atoms with Gasteiger partial charge in [-0.1, -0.05) is 37.3 Å². The fourth-order valence-corrected chi connectivity index (χ4v) is 2.29. The molecule has 0 saturated carbocycles. The van der Waals surface area contributed by atoms with Crippen LogP contribution in [-0.2, 0) is 9.59 Å². The Kier molecular flexibility index (Phi) is 7.03. The van der Waals surface area contributed by atoms with Gasteiger partial charge in [0.2, 0.25) is 5.91 Å². The van der Waals surface area contributed by atoms with E-state index in [-0.39, 0.29) is 18.2 Å². The minimum Gasteiger partial charge on any atom is -0.481 e. The number of amides is 1. The summed E-state index contributed by atoms with van der Waals surface area (Å²) in [6.07, 6.45) is 0.0956. The molecule has 0 bridgehead atoms. The van der Waals surface area contributed by atoms with Crippen LogP contribution in [0, 0.1) is 0 Å². The summed E-state index contributed by atoms with van der Waals surface area (Å²) in [6.45, 7) is 2.66. The second-order valence-electron chi connectivity index (χ2n) is 4.31. The van der Waals surface area contributed by atoms with Gasteiger partial charge < -0.3 is 10.4 Å². The summed E-state index contributed by atoms with van der Waals surface area (Å²) in [5, 5.41) is 11.3. The average molecular weight is 281 g/mol. The second kappa shape index (κ2) is 8.58. The number of carbonyl (C=O) groups excluding carboxylic acids is 1. The Bertz CT molecular complexity index is 408. The van der Waals surface area contributed by atoms with Crippen molar-refractivity contribution in [3.8, 4) is 0 Å². The van der Waals surface area contributed by atoms with Crippen LogP contribution in [0.5, 0.6) is 0 Å². The van der Waals surface area contributed by atoms with E-state index in [0.29, 0.717) is 18.1 Å². The molecule has 1 aromatic rings. The quantitative estimate of drug-likeness (QED) is 0.716. The summed E-state index contributed by atoms with van der Waals surface area (Å²) < 4.78 is 0. The summed E-state index contributed by atoms with van der Waals surface area (Å²) in [5.41, 5.74) is 1.20. The minimum atomic E-state index is -0.828. The van der Waals surface area contributed by atoms with Crippen LogP contribution in [0.3, 0.4) is 0 Å². The molecular formula is C14H19NO3S. The molecule has 19 heavy (non-hydrogen) atoms. The molecule has 1 atom stereocenters. The van der Waals surface area contributed by atoms with E-state index in [0.717, 1.165) is 0 Å². The second-order valence-corrected chi connectivity index (χ2v) is 5.42. The zero-order valence-corrected chi connectivity index (χ0v) is 11.8. The topological polar surface area (TPSA) is 66.4 Å². The summed E-state index contributed by atoms with van der Waals surface area (Å²) >= 11 is 1.34. The van der Waals surface area contributed by atoms with Gasteiger partial charge in [-0.3, -0.25) is 9.59 Å². The van der Waals surface area contributed by atoms with E-state index in [1.807, 2.05) is 30.3 Å². The maximum Gasteiger partial charge on any atom is 0.304 e. The van der Waals surface area contributed by atoms with E-state index in [1.165, 1.54) is 17.3 Å². The lowest BCUT2D eigenvalue weighted by atomic mass is 10.0. The molecule has 0 saturated heterocycles. The lowest BCUT2D eigenvalue weighted by molar-refractivity contribution is -0.136. The first-order chi connectivity index (χ1) is 9.09. The molecule has 0 aliphatic heterocycles. The highest BCUT2D eigenvalue weighted by atomic mass is 32.2. The smallest absolute Gasteiger partial charge is 0.304 e. The standard InChI is InChI=1S/C14H19NO3S/c1-11(12-5-3-2-4-6-12)9-15-13(16)10-19-8-7-14(17)18/h2-6,11H,7-10H2,1H3,(H,15,16)(H,17,18)/t11-/m1/s1. The summed E-state index contributed by atoms with van der Waals surface area (Å²) in [5.74, 6) is 0.184. The van der Waals surface area contributed by atoms with Crippen molar-refractivity contribution in [3.05, 3.63) is 35.9 Å². The first-order valence-electron chi connectivity index (χ1n) is 6.20. The van der Waals surface area contributed by atoms with Crippen LogP contribution in [-0.4, -0.2) is 35.0 Å². The molecule has 4 nitrogen and oxygen atoms in total. The van der Waals surface area contributed by atoms with E-state index in [1.54, 1.807) is 0 Å². The first-order valence-corrected chi connectivity index (χ1v) is 7.36. The monoisotopic (exact) mass is 281 g/mol. The first kappa shape index (κ1) is 15.6. The fourth-order valence-electron chi connectivity index (χ4n) is 1.54. The predicted octanol–water partition coefficient (Wildman–Crippen LogP) is 2.11. The number of hydrogen-bond acceptors (Lipinski definition) is 3. The Morgan fingerprint density at radius 1 is 1.32 bits per heavy atom. The fraction of sp³-hybridized carbons (Fsp3) is 0.429. The van der Waals surface area contributed by atoms with Gasteiger partial charge in [-0.2, -0.15) is 11.8 Å². The normalized spacial score (nSPS) is 11.8. The van der Waals surface area contributed by atoms with Crippen molar-refractivity contribution in [3.63, 3.8) is 0 Å². The van der Waals surface area contributed by atoms with Gasteiger partial charge in [0.15, 0.2) is 0 Å². The van der Waals surface area contributed by atoms with Crippen LogP contribution in [0.2, 0.25) is 0 Å². The SMILES string of the molecule is C[C@H](CNC(=O)CSCCC(=O)O)c1ccccc1. The number of rotatable bonds is 8. The number of aliphatic carboxylic acids is 1. The predicted molar refractivity (Wildman–Crippen MR) is 77.4 cm³/mol. The minimum absolute atomic E-state index is 0.0434. The van der Waals surface area contributed by atoms with Crippen molar-refractivity contribution < 1.29 is 14.7 Å². The van der Waals surface area contributed by atoms with E-state index >= 15 is 0 Å². The molecule has 0 fully saturated rings. The summed E-state index contributed by atoms with van der Waals surface area (Å²) in [7, 11) is 0. The Balaban J connectivity index is 2.18. The summed E-state index contributed by atoms with van der Waals surface area (Å²) in [6, 6.07) is 10.0. The van der Waals surface area contributed by atoms with Crippen LogP contribution >= 0.6 is 11.8 Å². The average Bonchev–Trinajstić information content (AvgIpc) is 2.41. The molecule has 0 spiro atoms. The largest absolute Gasteiger partial charge is 0.481 e. The maximum atomic E-state index is 11.5. The molecule has 2 N–H and O–H groups in total. The number of benzene rings is 1. The van der Waals surface area contributed by atoms with Gasteiger partial charge in [-0.05, 0) is 11.5 Å². The van der Waals surface area contributed by atoms with E-state index in [4.69, 9.17) is 5.11 Å². The number of nitrogens with one attached hydrogen (secondary N) is 1. The third kappa shape index (κ3) is 6.86. The summed E-state index contributed by atoms with van der Waals surface area (Å²) in [4.78, 5) is 21.8.